The summed E-state index contributed by atoms with van der Waals surface area (Å²) in [5.41, 5.74) is 2.38. The molecule has 3 aromatic rings. The van der Waals surface area contributed by atoms with Crippen molar-refractivity contribution in [2.75, 3.05) is 26.7 Å². The van der Waals surface area contributed by atoms with E-state index in [1.807, 2.05) is 24.3 Å². The molecule has 6 nitrogen and oxygen atoms in total. The van der Waals surface area contributed by atoms with Gasteiger partial charge in [0.2, 0.25) is 0 Å². The third-order valence-electron chi connectivity index (χ3n) is 4.78. The highest BCUT2D eigenvalue weighted by atomic mass is 32.1. The van der Waals surface area contributed by atoms with E-state index in [1.54, 1.807) is 24.7 Å². The standard InChI is InChI=1S/C23H30N4O2S/c1-17-18(2)30-22(27-17)12-15-26-23(25-14-11-21-5-4-16-29-21)24-13-10-19-6-8-20(28-3)9-7-19/h4-9,16H,10-15H2,1-3H3,(H2,24,25,26). The molecule has 0 saturated heterocycles. The van der Waals surface area contributed by atoms with Crippen LogP contribution in [0.3, 0.4) is 0 Å². The minimum atomic E-state index is 0.699. The molecule has 160 valence electrons. The Kier molecular flexibility index (Phi) is 8.32. The number of rotatable bonds is 10. The zero-order chi connectivity index (χ0) is 21.2. The van der Waals surface area contributed by atoms with Crippen LogP contribution in [0.4, 0.5) is 0 Å². The molecule has 0 saturated carbocycles. The van der Waals surface area contributed by atoms with Crippen molar-refractivity contribution in [1.82, 2.24) is 15.6 Å². The number of nitrogens with zero attached hydrogens (tertiary/aromatic N) is 2. The Morgan fingerprint density at radius 2 is 1.83 bits per heavy atom. The van der Waals surface area contributed by atoms with Gasteiger partial charge in [0.1, 0.15) is 11.5 Å². The first kappa shape index (κ1) is 21.9. The Morgan fingerprint density at radius 3 is 2.47 bits per heavy atom. The van der Waals surface area contributed by atoms with Crippen molar-refractivity contribution in [2.45, 2.75) is 33.1 Å². The summed E-state index contributed by atoms with van der Waals surface area (Å²) in [7, 11) is 1.68. The average molecular weight is 427 g/mol. The summed E-state index contributed by atoms with van der Waals surface area (Å²) in [6.07, 6.45) is 4.28. The average Bonchev–Trinajstić information content (AvgIpc) is 3.38. The smallest absolute Gasteiger partial charge is 0.191 e. The van der Waals surface area contributed by atoms with Crippen molar-refractivity contribution in [3.63, 3.8) is 0 Å². The molecule has 0 aliphatic carbocycles. The highest BCUT2D eigenvalue weighted by Crippen LogP contribution is 2.16. The molecule has 0 aliphatic heterocycles. The highest BCUT2D eigenvalue weighted by Gasteiger charge is 2.05. The van der Waals surface area contributed by atoms with Gasteiger partial charge in [0.25, 0.3) is 0 Å². The van der Waals surface area contributed by atoms with Gasteiger partial charge < -0.3 is 19.8 Å². The van der Waals surface area contributed by atoms with Gasteiger partial charge in [-0.25, -0.2) is 4.98 Å². The zero-order valence-corrected chi connectivity index (χ0v) is 18.7. The van der Waals surface area contributed by atoms with E-state index < -0.39 is 0 Å². The minimum absolute atomic E-state index is 0.699. The summed E-state index contributed by atoms with van der Waals surface area (Å²) in [6, 6.07) is 12.1. The first-order valence-corrected chi connectivity index (χ1v) is 11.1. The topological polar surface area (TPSA) is 71.7 Å². The van der Waals surface area contributed by atoms with Crippen molar-refractivity contribution in [3.8, 4) is 5.75 Å². The maximum atomic E-state index is 5.41. The summed E-state index contributed by atoms with van der Waals surface area (Å²) in [4.78, 5) is 10.6. The molecule has 0 amide bonds. The summed E-state index contributed by atoms with van der Waals surface area (Å²) in [5.74, 6) is 2.66. The van der Waals surface area contributed by atoms with E-state index in [4.69, 9.17) is 14.1 Å². The highest BCUT2D eigenvalue weighted by molar-refractivity contribution is 7.11. The fourth-order valence-electron chi connectivity index (χ4n) is 2.96. The Bertz CT molecular complexity index is 898. The zero-order valence-electron chi connectivity index (χ0n) is 17.9. The number of guanidine groups is 1. The fraction of sp³-hybridized carbons (Fsp3) is 0.391. The second-order valence-corrected chi connectivity index (χ2v) is 8.30. The number of furan rings is 1. The van der Waals surface area contributed by atoms with Gasteiger partial charge in [-0.05, 0) is 50.1 Å². The van der Waals surface area contributed by atoms with Crippen molar-refractivity contribution >= 4 is 17.3 Å². The summed E-state index contributed by atoms with van der Waals surface area (Å²) >= 11 is 1.76. The van der Waals surface area contributed by atoms with Gasteiger partial charge in [0.15, 0.2) is 5.96 Å². The number of benzene rings is 1. The molecule has 0 radical (unpaired) electrons. The quantitative estimate of drug-likeness (QED) is 0.380. The molecule has 2 heterocycles. The van der Waals surface area contributed by atoms with Crippen molar-refractivity contribution in [3.05, 3.63) is 69.6 Å². The molecule has 0 aliphatic rings. The number of aromatic nitrogens is 1. The summed E-state index contributed by atoms with van der Waals surface area (Å²) in [5, 5.41) is 7.99. The molecule has 0 spiro atoms. The molecule has 7 heteroatoms. The molecule has 3 rings (SSSR count). The molecule has 2 aromatic heterocycles. The lowest BCUT2D eigenvalue weighted by molar-refractivity contribution is 0.414. The van der Waals surface area contributed by atoms with Crippen LogP contribution in [-0.2, 0) is 19.3 Å². The van der Waals surface area contributed by atoms with Gasteiger partial charge in [-0.15, -0.1) is 11.3 Å². The van der Waals surface area contributed by atoms with Gasteiger partial charge in [-0.2, -0.15) is 0 Å². The predicted octanol–water partition coefficient (Wildman–Crippen LogP) is 3.92. The van der Waals surface area contributed by atoms with E-state index in [9.17, 15) is 0 Å². The third kappa shape index (κ3) is 6.91. The van der Waals surface area contributed by atoms with Gasteiger partial charge in [-0.3, -0.25) is 4.99 Å². The van der Waals surface area contributed by atoms with E-state index in [-0.39, 0.29) is 0 Å². The maximum Gasteiger partial charge on any atom is 0.191 e. The van der Waals surface area contributed by atoms with E-state index in [2.05, 4.69) is 41.6 Å². The predicted molar refractivity (Wildman–Crippen MR) is 123 cm³/mol. The van der Waals surface area contributed by atoms with Crippen LogP contribution < -0.4 is 15.4 Å². The van der Waals surface area contributed by atoms with Crippen molar-refractivity contribution in [2.24, 2.45) is 4.99 Å². The molecule has 0 bridgehead atoms. The summed E-state index contributed by atoms with van der Waals surface area (Å²) < 4.78 is 10.6. The van der Waals surface area contributed by atoms with Crippen LogP contribution in [0, 0.1) is 13.8 Å². The van der Waals surface area contributed by atoms with Crippen LogP contribution in [0.5, 0.6) is 5.75 Å². The summed E-state index contributed by atoms with van der Waals surface area (Å²) in [6.45, 7) is 6.43. The third-order valence-corrected chi connectivity index (χ3v) is 5.91. The lowest BCUT2D eigenvalue weighted by Gasteiger charge is -2.12. The normalized spacial score (nSPS) is 11.5. The Balaban J connectivity index is 1.51. The monoisotopic (exact) mass is 426 g/mol. The number of aryl methyl sites for hydroxylation is 2. The van der Waals surface area contributed by atoms with Crippen molar-refractivity contribution < 1.29 is 9.15 Å². The van der Waals surface area contributed by atoms with Gasteiger partial charge in [0.05, 0.1) is 24.1 Å². The number of methoxy groups -OCH3 is 1. The van der Waals surface area contributed by atoms with E-state index in [1.165, 1.54) is 10.4 Å². The number of thiazole rings is 1. The Labute approximate surface area is 182 Å². The van der Waals surface area contributed by atoms with E-state index in [0.29, 0.717) is 6.54 Å². The van der Waals surface area contributed by atoms with Gasteiger partial charge >= 0.3 is 0 Å². The van der Waals surface area contributed by atoms with Crippen LogP contribution >= 0.6 is 11.3 Å². The lowest BCUT2D eigenvalue weighted by atomic mass is 10.1. The first-order valence-electron chi connectivity index (χ1n) is 10.2. The molecular formula is C23H30N4O2S. The number of hydrogen-bond acceptors (Lipinski definition) is 5. The second-order valence-electron chi connectivity index (χ2n) is 7.01. The van der Waals surface area contributed by atoms with Crippen LogP contribution in [0.2, 0.25) is 0 Å². The molecule has 1 aromatic carbocycles. The van der Waals surface area contributed by atoms with Crippen LogP contribution in [0.1, 0.15) is 26.9 Å². The Hall–Kier alpha value is -2.80. The second kappa shape index (κ2) is 11.4. The number of ether oxygens (including phenoxy) is 1. The molecule has 0 unspecified atom stereocenters. The SMILES string of the molecule is COc1ccc(CCNC(=NCCc2nc(C)c(C)s2)NCCc2ccco2)cc1. The van der Waals surface area contributed by atoms with E-state index >= 15 is 0 Å². The maximum absolute atomic E-state index is 5.41. The van der Waals surface area contributed by atoms with Crippen LogP contribution in [0.15, 0.2) is 52.1 Å². The minimum Gasteiger partial charge on any atom is -0.497 e. The molecule has 0 atom stereocenters. The lowest BCUT2D eigenvalue weighted by Crippen LogP contribution is -2.39. The molecule has 0 fully saturated rings. The number of nitrogens with one attached hydrogen (secondary N) is 2. The molecule has 30 heavy (non-hydrogen) atoms. The number of aliphatic imine (C=N–C) groups is 1. The van der Waals surface area contributed by atoms with Crippen LogP contribution in [0.25, 0.3) is 0 Å². The van der Waals surface area contributed by atoms with Crippen LogP contribution in [-0.4, -0.2) is 37.7 Å². The molecular weight excluding hydrogens is 396 g/mol. The fourth-order valence-corrected chi connectivity index (χ4v) is 3.88. The van der Waals surface area contributed by atoms with Crippen molar-refractivity contribution in [1.29, 1.82) is 0 Å². The Morgan fingerprint density at radius 1 is 1.07 bits per heavy atom. The first-order chi connectivity index (χ1) is 14.6. The van der Waals surface area contributed by atoms with Gasteiger partial charge in [-0.1, -0.05) is 12.1 Å². The largest absolute Gasteiger partial charge is 0.497 e. The van der Waals surface area contributed by atoms with E-state index in [0.717, 1.165) is 60.5 Å². The number of hydrogen-bond donors (Lipinski definition) is 2. The van der Waals surface area contributed by atoms with Gasteiger partial charge in [0, 0.05) is 37.4 Å². The molecule has 2 N–H and O–H groups in total.